The van der Waals surface area contributed by atoms with Crippen LogP contribution >= 0.6 is 0 Å². The normalized spacial score (nSPS) is 12.4. The summed E-state index contributed by atoms with van der Waals surface area (Å²) in [6, 6.07) is 10.2. The van der Waals surface area contributed by atoms with Gasteiger partial charge in [-0.25, -0.2) is 27.1 Å². The summed E-state index contributed by atoms with van der Waals surface area (Å²) >= 11 is 0. The monoisotopic (exact) mass is 408 g/mol. The number of carbonyl (C=O) groups is 2. The third-order valence-corrected chi connectivity index (χ3v) is 5.36. The van der Waals surface area contributed by atoms with Gasteiger partial charge in [0.2, 0.25) is 0 Å². The van der Waals surface area contributed by atoms with E-state index in [4.69, 9.17) is 0 Å². The van der Waals surface area contributed by atoms with Crippen molar-refractivity contribution >= 4 is 22.0 Å². The largest absolute Gasteiger partial charge is 0.480 e. The van der Waals surface area contributed by atoms with Crippen molar-refractivity contribution in [3.63, 3.8) is 0 Å². The van der Waals surface area contributed by atoms with Crippen LogP contribution < -0.4 is 4.72 Å². The number of aliphatic carboxylic acids is 1. The molecule has 0 spiro atoms. The minimum Gasteiger partial charge on any atom is -0.480 e. The first-order valence-corrected chi connectivity index (χ1v) is 9.96. The van der Waals surface area contributed by atoms with E-state index in [0.29, 0.717) is 5.56 Å². The first-order chi connectivity index (χ1) is 13.1. The average Bonchev–Trinajstić information content (AvgIpc) is 2.61. The van der Waals surface area contributed by atoms with Crippen molar-refractivity contribution in [1.82, 2.24) is 9.62 Å². The molecule has 2 N–H and O–H groups in total. The topological polar surface area (TPSA) is 104 Å². The van der Waals surface area contributed by atoms with Crippen molar-refractivity contribution < 1.29 is 27.5 Å². The summed E-state index contributed by atoms with van der Waals surface area (Å²) in [7, 11) is -4.30. The lowest BCUT2D eigenvalue weighted by molar-refractivity contribution is -0.144. The van der Waals surface area contributed by atoms with Gasteiger partial charge in [0.15, 0.2) is 0 Å². The molecule has 150 valence electrons. The van der Waals surface area contributed by atoms with Gasteiger partial charge in [-0.05, 0) is 35.7 Å². The molecule has 0 aliphatic heterocycles. The minimum atomic E-state index is -4.30. The number of carbonyl (C=O) groups excluding carboxylic acids is 1. The van der Waals surface area contributed by atoms with Crippen LogP contribution in [0.5, 0.6) is 0 Å². The number of rotatable bonds is 7. The van der Waals surface area contributed by atoms with Crippen LogP contribution in [-0.2, 0) is 21.4 Å². The van der Waals surface area contributed by atoms with Crippen LogP contribution in [-0.4, -0.2) is 36.5 Å². The number of halogens is 1. The van der Waals surface area contributed by atoms with Crippen molar-refractivity contribution in [1.29, 1.82) is 0 Å². The van der Waals surface area contributed by atoms with E-state index in [9.17, 15) is 27.5 Å². The highest BCUT2D eigenvalue weighted by Crippen LogP contribution is 2.17. The van der Waals surface area contributed by atoms with Crippen LogP contribution in [0.3, 0.4) is 0 Å². The molecule has 9 heteroatoms. The van der Waals surface area contributed by atoms with Crippen molar-refractivity contribution in [2.45, 2.75) is 31.3 Å². The number of carboxylic acids is 1. The summed E-state index contributed by atoms with van der Waals surface area (Å²) in [6.45, 7) is 3.15. The molecule has 0 aliphatic rings. The van der Waals surface area contributed by atoms with Gasteiger partial charge < -0.3 is 10.0 Å². The molecular weight excluding hydrogens is 387 g/mol. The Labute approximate surface area is 162 Å². The Morgan fingerprint density at radius 3 is 2.14 bits per heavy atom. The van der Waals surface area contributed by atoms with Crippen LogP contribution in [0.4, 0.5) is 9.18 Å². The molecule has 0 heterocycles. The molecule has 2 rings (SSSR count). The number of amides is 2. The second-order valence-electron chi connectivity index (χ2n) is 6.51. The zero-order valence-electron chi connectivity index (χ0n) is 15.4. The molecule has 0 aliphatic carbocycles. The Kier molecular flexibility index (Phi) is 6.74. The Hall–Kier alpha value is -2.94. The molecule has 2 aromatic rings. The van der Waals surface area contributed by atoms with Crippen molar-refractivity contribution in [3.8, 4) is 0 Å². The van der Waals surface area contributed by atoms with Gasteiger partial charge in [-0.15, -0.1) is 0 Å². The Morgan fingerprint density at radius 2 is 1.64 bits per heavy atom. The van der Waals surface area contributed by atoms with Crippen molar-refractivity contribution in [2.24, 2.45) is 5.92 Å². The Morgan fingerprint density at radius 1 is 1.07 bits per heavy atom. The maximum Gasteiger partial charge on any atom is 0.332 e. The SMILES string of the molecule is CC(C)[C@@H](C(=O)O)N(Cc1ccccc1)C(=O)NS(=O)(=O)c1ccc(F)cc1. The predicted octanol–water partition coefficient (Wildman–Crippen LogP) is 2.84. The van der Waals surface area contributed by atoms with Gasteiger partial charge in [0.05, 0.1) is 4.90 Å². The maximum atomic E-state index is 13.0. The number of nitrogens with zero attached hydrogens (tertiary/aromatic N) is 1. The van der Waals surface area contributed by atoms with Crippen molar-refractivity contribution in [2.75, 3.05) is 0 Å². The standard InChI is InChI=1S/C19H21FN2O5S/c1-13(2)17(18(23)24)22(12-14-6-4-3-5-7-14)19(25)21-28(26,27)16-10-8-15(20)9-11-16/h3-11,13,17H,12H2,1-2H3,(H,21,25)(H,23,24)/t17-/m0/s1. The second kappa shape index (κ2) is 8.83. The third kappa shape index (κ3) is 5.29. The van der Waals surface area contributed by atoms with Crippen LogP contribution in [0.1, 0.15) is 19.4 Å². The minimum absolute atomic E-state index is 0.0965. The molecule has 0 fully saturated rings. The summed E-state index contributed by atoms with van der Waals surface area (Å²) in [4.78, 5) is 25.1. The second-order valence-corrected chi connectivity index (χ2v) is 8.19. The summed E-state index contributed by atoms with van der Waals surface area (Å²) in [5.41, 5.74) is 0.642. The lowest BCUT2D eigenvalue weighted by Gasteiger charge is -2.31. The van der Waals surface area contributed by atoms with E-state index in [0.717, 1.165) is 29.2 Å². The lowest BCUT2D eigenvalue weighted by Crippen LogP contribution is -2.52. The van der Waals surface area contributed by atoms with E-state index in [1.165, 1.54) is 0 Å². The van der Waals surface area contributed by atoms with E-state index >= 15 is 0 Å². The Balaban J connectivity index is 2.34. The summed E-state index contributed by atoms with van der Waals surface area (Å²) in [5.74, 6) is -2.34. The maximum absolute atomic E-state index is 13.0. The molecule has 2 aromatic carbocycles. The first-order valence-electron chi connectivity index (χ1n) is 8.47. The van der Waals surface area contributed by atoms with E-state index in [1.54, 1.807) is 44.2 Å². The Bertz CT molecular complexity index is 931. The number of sulfonamides is 1. The third-order valence-electron chi connectivity index (χ3n) is 4.02. The van der Waals surface area contributed by atoms with Gasteiger partial charge in [-0.1, -0.05) is 44.2 Å². The van der Waals surface area contributed by atoms with Gasteiger partial charge in [-0.3, -0.25) is 0 Å². The predicted molar refractivity (Wildman–Crippen MR) is 100 cm³/mol. The smallest absolute Gasteiger partial charge is 0.332 e. The fourth-order valence-corrected chi connectivity index (χ4v) is 3.66. The first kappa shape index (κ1) is 21.4. The van der Waals surface area contributed by atoms with Gasteiger partial charge in [0.25, 0.3) is 10.0 Å². The quantitative estimate of drug-likeness (QED) is 0.733. The molecule has 0 aromatic heterocycles. The number of hydrogen-bond acceptors (Lipinski definition) is 4. The number of carboxylic acid groups (broad SMARTS) is 1. The van der Waals surface area contributed by atoms with Crippen molar-refractivity contribution in [3.05, 3.63) is 66.0 Å². The highest BCUT2D eigenvalue weighted by atomic mass is 32.2. The summed E-state index contributed by atoms with van der Waals surface area (Å²) in [5, 5.41) is 9.57. The molecule has 28 heavy (non-hydrogen) atoms. The average molecular weight is 408 g/mol. The van der Waals surface area contributed by atoms with Gasteiger partial charge in [0, 0.05) is 6.54 Å². The zero-order valence-corrected chi connectivity index (χ0v) is 16.2. The summed E-state index contributed by atoms with van der Waals surface area (Å²) < 4.78 is 39.8. The fraction of sp³-hybridized carbons (Fsp3) is 0.263. The number of benzene rings is 2. The highest BCUT2D eigenvalue weighted by molar-refractivity contribution is 7.90. The van der Waals surface area contributed by atoms with Gasteiger partial charge in [0.1, 0.15) is 11.9 Å². The molecule has 7 nitrogen and oxygen atoms in total. The number of hydrogen-bond donors (Lipinski definition) is 2. The molecule has 0 saturated carbocycles. The molecule has 0 bridgehead atoms. The molecule has 2 amide bonds. The van der Waals surface area contributed by atoms with Crippen LogP contribution in [0.2, 0.25) is 0 Å². The van der Waals surface area contributed by atoms with E-state index in [-0.39, 0.29) is 11.4 Å². The molecule has 0 radical (unpaired) electrons. The highest BCUT2D eigenvalue weighted by Gasteiger charge is 2.34. The van der Waals surface area contributed by atoms with Crippen LogP contribution in [0, 0.1) is 11.7 Å². The van der Waals surface area contributed by atoms with E-state index in [2.05, 4.69) is 0 Å². The number of urea groups is 1. The molecule has 1 atom stereocenters. The molecule has 0 unspecified atom stereocenters. The van der Waals surface area contributed by atoms with Crippen LogP contribution in [0.25, 0.3) is 0 Å². The summed E-state index contributed by atoms with van der Waals surface area (Å²) in [6.07, 6.45) is 0. The fourth-order valence-electron chi connectivity index (χ4n) is 2.70. The van der Waals surface area contributed by atoms with Gasteiger partial charge in [-0.2, -0.15) is 0 Å². The lowest BCUT2D eigenvalue weighted by atomic mass is 10.0. The molecular formula is C19H21FN2O5S. The number of nitrogens with one attached hydrogen (secondary N) is 1. The van der Waals surface area contributed by atoms with E-state index < -0.39 is 39.8 Å². The molecule has 0 saturated heterocycles. The van der Waals surface area contributed by atoms with E-state index in [1.807, 2.05) is 4.72 Å². The van der Waals surface area contributed by atoms with Gasteiger partial charge >= 0.3 is 12.0 Å². The zero-order chi connectivity index (χ0) is 20.9. The van der Waals surface area contributed by atoms with Crippen LogP contribution in [0.15, 0.2) is 59.5 Å².